The topological polar surface area (TPSA) is 69.0 Å². The van der Waals surface area contributed by atoms with Crippen LogP contribution in [0.15, 0.2) is 47.6 Å². The lowest BCUT2D eigenvalue weighted by Gasteiger charge is -2.10. The molecule has 0 aliphatic rings. The van der Waals surface area contributed by atoms with Gasteiger partial charge in [-0.2, -0.15) is 0 Å². The van der Waals surface area contributed by atoms with E-state index in [1.54, 1.807) is 7.11 Å². The molecule has 2 aromatic carbocycles. The molecule has 0 saturated carbocycles. The van der Waals surface area contributed by atoms with Crippen molar-refractivity contribution < 1.29 is 18.3 Å². The van der Waals surface area contributed by atoms with Gasteiger partial charge in [0.25, 0.3) is 0 Å². The molecule has 0 fully saturated rings. The van der Waals surface area contributed by atoms with Crippen LogP contribution in [0.25, 0.3) is 11.4 Å². The van der Waals surface area contributed by atoms with Crippen LogP contribution in [0.5, 0.6) is 5.75 Å². The molecule has 0 aliphatic carbocycles. The molecule has 1 aromatic heterocycles. The molecule has 0 atom stereocenters. The maximum absolute atomic E-state index is 13.3. The number of nitrogens with one attached hydrogen (secondary N) is 1. The first-order valence-electron chi connectivity index (χ1n) is 9.46. The first-order valence-corrected chi connectivity index (χ1v) is 10.4. The Balaban J connectivity index is 1.72. The summed E-state index contributed by atoms with van der Waals surface area (Å²) in [7, 11) is 1.61. The van der Waals surface area contributed by atoms with Crippen molar-refractivity contribution in [2.45, 2.75) is 31.5 Å². The number of hydrogen-bond acceptors (Lipinski definition) is 5. The lowest BCUT2D eigenvalue weighted by Crippen LogP contribution is -2.15. The first kappa shape index (κ1) is 21.8. The third kappa shape index (κ3) is 5.56. The van der Waals surface area contributed by atoms with Crippen LogP contribution in [0.1, 0.15) is 19.8 Å². The number of methoxy groups -OCH3 is 1. The third-order valence-electron chi connectivity index (χ3n) is 4.28. The lowest BCUT2D eigenvalue weighted by molar-refractivity contribution is -0.113. The molecule has 3 rings (SSSR count). The Hall–Kier alpha value is -2.94. The van der Waals surface area contributed by atoms with Gasteiger partial charge in [0.05, 0.1) is 12.9 Å². The Morgan fingerprint density at radius 2 is 1.83 bits per heavy atom. The number of thioether (sulfide) groups is 1. The largest absolute Gasteiger partial charge is 0.497 e. The number of aromatic nitrogens is 3. The van der Waals surface area contributed by atoms with Crippen molar-refractivity contribution in [1.82, 2.24) is 14.8 Å². The van der Waals surface area contributed by atoms with Gasteiger partial charge < -0.3 is 14.6 Å². The third-order valence-corrected chi connectivity index (χ3v) is 5.25. The molecule has 0 aliphatic heterocycles. The highest BCUT2D eigenvalue weighted by molar-refractivity contribution is 7.99. The summed E-state index contributed by atoms with van der Waals surface area (Å²) in [6, 6.07) is 10.4. The zero-order chi connectivity index (χ0) is 21.5. The van der Waals surface area contributed by atoms with Gasteiger partial charge in [0.15, 0.2) is 11.0 Å². The van der Waals surface area contributed by atoms with Crippen LogP contribution in [0.4, 0.5) is 14.5 Å². The molecule has 1 N–H and O–H groups in total. The van der Waals surface area contributed by atoms with E-state index in [0.717, 1.165) is 42.4 Å². The highest BCUT2D eigenvalue weighted by Gasteiger charge is 2.16. The van der Waals surface area contributed by atoms with Crippen molar-refractivity contribution >= 4 is 23.4 Å². The number of nitrogens with zero attached hydrogens (tertiary/aromatic N) is 3. The molecule has 0 radical (unpaired) electrons. The Labute approximate surface area is 177 Å². The molecule has 0 unspecified atom stereocenters. The molecule has 1 amide bonds. The number of unbranched alkanes of at least 4 members (excludes halogenated alkanes) is 1. The summed E-state index contributed by atoms with van der Waals surface area (Å²) >= 11 is 1.22. The van der Waals surface area contributed by atoms with Gasteiger partial charge in [0, 0.05) is 23.9 Å². The fraction of sp³-hybridized carbons (Fsp3) is 0.286. The van der Waals surface area contributed by atoms with Crippen molar-refractivity contribution in [3.05, 3.63) is 54.1 Å². The summed E-state index contributed by atoms with van der Waals surface area (Å²) < 4.78 is 33.7. The Kier molecular flexibility index (Phi) is 7.40. The number of amides is 1. The van der Waals surface area contributed by atoms with Crippen LogP contribution in [-0.2, 0) is 11.3 Å². The maximum atomic E-state index is 13.3. The van der Waals surface area contributed by atoms with Gasteiger partial charge in [-0.3, -0.25) is 4.79 Å². The van der Waals surface area contributed by atoms with Gasteiger partial charge in [0.2, 0.25) is 5.91 Å². The van der Waals surface area contributed by atoms with Gasteiger partial charge >= 0.3 is 0 Å². The van der Waals surface area contributed by atoms with E-state index in [1.165, 1.54) is 11.8 Å². The zero-order valence-corrected chi connectivity index (χ0v) is 17.5. The Morgan fingerprint density at radius 3 is 2.47 bits per heavy atom. The zero-order valence-electron chi connectivity index (χ0n) is 16.7. The molecule has 30 heavy (non-hydrogen) atoms. The minimum atomic E-state index is -0.749. The smallest absolute Gasteiger partial charge is 0.234 e. The van der Waals surface area contributed by atoms with Gasteiger partial charge in [0.1, 0.15) is 17.4 Å². The van der Waals surface area contributed by atoms with Gasteiger partial charge in [-0.1, -0.05) is 25.1 Å². The normalized spacial score (nSPS) is 10.8. The van der Waals surface area contributed by atoms with Crippen LogP contribution in [0.2, 0.25) is 0 Å². The SMILES string of the molecule is CCCCn1c(SCC(=O)Nc2cc(F)cc(F)c2)nnc1-c1ccc(OC)cc1. The van der Waals surface area contributed by atoms with Crippen LogP contribution in [0.3, 0.4) is 0 Å². The number of carbonyl (C=O) groups excluding carboxylic acids is 1. The summed E-state index contributed by atoms with van der Waals surface area (Å²) in [4.78, 5) is 12.2. The fourth-order valence-corrected chi connectivity index (χ4v) is 3.58. The number of ether oxygens (including phenoxy) is 1. The number of hydrogen-bond donors (Lipinski definition) is 1. The highest BCUT2D eigenvalue weighted by Crippen LogP contribution is 2.26. The van der Waals surface area contributed by atoms with E-state index in [9.17, 15) is 13.6 Å². The lowest BCUT2D eigenvalue weighted by atomic mass is 10.2. The van der Waals surface area contributed by atoms with Crippen LogP contribution in [0, 0.1) is 11.6 Å². The molecule has 0 bridgehead atoms. The summed E-state index contributed by atoms with van der Waals surface area (Å²) in [5, 5.41) is 11.6. The minimum absolute atomic E-state index is 0.0327. The molecule has 158 valence electrons. The number of benzene rings is 2. The van der Waals surface area contributed by atoms with E-state index in [2.05, 4.69) is 22.4 Å². The molecule has 6 nitrogen and oxygen atoms in total. The van der Waals surface area contributed by atoms with Crippen molar-refractivity contribution in [3.8, 4) is 17.1 Å². The van der Waals surface area contributed by atoms with Crippen molar-refractivity contribution in [2.24, 2.45) is 0 Å². The van der Waals surface area contributed by atoms with E-state index in [4.69, 9.17) is 4.74 Å². The van der Waals surface area contributed by atoms with Crippen LogP contribution < -0.4 is 10.1 Å². The predicted octanol–water partition coefficient (Wildman–Crippen LogP) is 4.76. The van der Waals surface area contributed by atoms with E-state index in [-0.39, 0.29) is 17.3 Å². The number of rotatable bonds is 9. The summed E-state index contributed by atoms with van der Waals surface area (Å²) in [6.45, 7) is 2.81. The Bertz CT molecular complexity index is 988. The van der Waals surface area contributed by atoms with Gasteiger partial charge in [-0.15, -0.1) is 10.2 Å². The minimum Gasteiger partial charge on any atom is -0.497 e. The van der Waals surface area contributed by atoms with Crippen molar-refractivity contribution in [1.29, 1.82) is 0 Å². The standard InChI is InChI=1S/C21H22F2N4O2S/c1-3-4-9-27-20(14-5-7-18(29-2)8-6-14)25-26-21(27)30-13-19(28)24-17-11-15(22)10-16(23)12-17/h5-8,10-12H,3-4,9,13H2,1-2H3,(H,24,28). The van der Waals surface area contributed by atoms with Gasteiger partial charge in [-0.25, -0.2) is 8.78 Å². The molecular weight excluding hydrogens is 410 g/mol. The maximum Gasteiger partial charge on any atom is 0.234 e. The molecule has 9 heteroatoms. The highest BCUT2D eigenvalue weighted by atomic mass is 32.2. The van der Waals surface area contributed by atoms with Crippen LogP contribution >= 0.6 is 11.8 Å². The molecule has 0 spiro atoms. The van der Waals surface area contributed by atoms with E-state index in [0.29, 0.717) is 17.5 Å². The quantitative estimate of drug-likeness (QED) is 0.494. The van der Waals surface area contributed by atoms with E-state index in [1.807, 2.05) is 28.8 Å². The van der Waals surface area contributed by atoms with Crippen molar-refractivity contribution in [3.63, 3.8) is 0 Å². The van der Waals surface area contributed by atoms with E-state index >= 15 is 0 Å². The molecular formula is C21H22F2N4O2S. The fourth-order valence-electron chi connectivity index (χ4n) is 2.82. The summed E-state index contributed by atoms with van der Waals surface area (Å²) in [6.07, 6.45) is 1.93. The first-order chi connectivity index (χ1) is 14.5. The second-order valence-corrected chi connectivity index (χ2v) is 7.48. The summed E-state index contributed by atoms with van der Waals surface area (Å²) in [5.41, 5.74) is 0.968. The monoisotopic (exact) mass is 432 g/mol. The van der Waals surface area contributed by atoms with Gasteiger partial charge in [-0.05, 0) is 42.8 Å². The average molecular weight is 432 g/mol. The summed E-state index contributed by atoms with van der Waals surface area (Å²) in [5.74, 6) is -0.395. The Morgan fingerprint density at radius 1 is 1.13 bits per heavy atom. The molecule has 0 saturated heterocycles. The molecule has 3 aromatic rings. The number of carbonyl (C=O) groups is 1. The second kappa shape index (κ2) is 10.2. The van der Waals surface area contributed by atoms with E-state index < -0.39 is 11.6 Å². The average Bonchev–Trinajstić information content (AvgIpc) is 3.12. The predicted molar refractivity (Wildman–Crippen MR) is 113 cm³/mol. The molecule has 1 heterocycles. The second-order valence-electron chi connectivity index (χ2n) is 6.53. The number of anilines is 1. The number of halogens is 2. The van der Waals surface area contributed by atoms with Crippen molar-refractivity contribution in [2.75, 3.05) is 18.2 Å². The van der Waals surface area contributed by atoms with Crippen LogP contribution in [-0.4, -0.2) is 33.5 Å².